The standard InChI is InChI=1S/C8H12S/c1-7-5-3-4-6-8(7)9-2/h5-6H,3-4H2,1-2H3. The minimum atomic E-state index is 1.23. The number of thioether (sulfide) groups is 1. The zero-order valence-electron chi connectivity index (χ0n) is 5.98. The minimum absolute atomic E-state index is 1.23. The van der Waals surface area contributed by atoms with Crippen LogP contribution in [0, 0.1) is 0 Å². The quantitative estimate of drug-likeness (QED) is 0.539. The lowest BCUT2D eigenvalue weighted by molar-refractivity contribution is 1.01. The summed E-state index contributed by atoms with van der Waals surface area (Å²) in [5.74, 6) is 0. The number of allylic oxidation sites excluding steroid dienone is 3. The Kier molecular flexibility index (Phi) is 2.40. The van der Waals surface area contributed by atoms with Crippen molar-refractivity contribution in [2.75, 3.05) is 6.26 Å². The van der Waals surface area contributed by atoms with Gasteiger partial charge in [-0.3, -0.25) is 0 Å². The molecule has 0 aromatic rings. The van der Waals surface area contributed by atoms with Gasteiger partial charge in [-0.2, -0.15) is 0 Å². The van der Waals surface area contributed by atoms with E-state index in [-0.39, 0.29) is 0 Å². The number of rotatable bonds is 1. The summed E-state index contributed by atoms with van der Waals surface area (Å²) in [6.45, 7) is 2.18. The van der Waals surface area contributed by atoms with E-state index in [1.165, 1.54) is 23.3 Å². The van der Waals surface area contributed by atoms with Gasteiger partial charge in [-0.1, -0.05) is 12.2 Å². The molecule has 0 unspecified atom stereocenters. The van der Waals surface area contributed by atoms with Crippen LogP contribution in [0.25, 0.3) is 0 Å². The summed E-state index contributed by atoms with van der Waals surface area (Å²) in [4.78, 5) is 1.46. The van der Waals surface area contributed by atoms with Crippen LogP contribution in [0.4, 0.5) is 0 Å². The van der Waals surface area contributed by atoms with Crippen LogP contribution >= 0.6 is 11.8 Å². The van der Waals surface area contributed by atoms with E-state index >= 15 is 0 Å². The number of hydrogen-bond donors (Lipinski definition) is 0. The maximum absolute atomic E-state index is 2.32. The first-order valence-electron chi connectivity index (χ1n) is 3.26. The van der Waals surface area contributed by atoms with Crippen LogP contribution in [0.1, 0.15) is 19.8 Å². The lowest BCUT2D eigenvalue weighted by atomic mass is 10.1. The van der Waals surface area contributed by atoms with E-state index in [9.17, 15) is 0 Å². The van der Waals surface area contributed by atoms with Crippen molar-refractivity contribution >= 4 is 11.8 Å². The van der Waals surface area contributed by atoms with E-state index in [0.717, 1.165) is 0 Å². The third-order valence-corrected chi connectivity index (χ3v) is 2.48. The van der Waals surface area contributed by atoms with E-state index in [0.29, 0.717) is 0 Å². The van der Waals surface area contributed by atoms with Gasteiger partial charge in [0.2, 0.25) is 0 Å². The van der Waals surface area contributed by atoms with Gasteiger partial charge < -0.3 is 0 Å². The molecule has 0 atom stereocenters. The highest BCUT2D eigenvalue weighted by molar-refractivity contribution is 8.02. The second kappa shape index (κ2) is 3.11. The highest BCUT2D eigenvalue weighted by atomic mass is 32.2. The third-order valence-electron chi connectivity index (χ3n) is 1.56. The molecule has 0 fully saturated rings. The average molecular weight is 140 g/mol. The fourth-order valence-electron chi connectivity index (χ4n) is 1.02. The summed E-state index contributed by atoms with van der Waals surface area (Å²) in [7, 11) is 0. The van der Waals surface area contributed by atoms with E-state index in [4.69, 9.17) is 0 Å². The molecule has 0 aromatic carbocycles. The Hall–Kier alpha value is -0.170. The molecule has 0 amide bonds. The van der Waals surface area contributed by atoms with Crippen molar-refractivity contribution in [3.63, 3.8) is 0 Å². The van der Waals surface area contributed by atoms with Crippen LogP contribution in [0.15, 0.2) is 22.6 Å². The van der Waals surface area contributed by atoms with Crippen molar-refractivity contribution in [3.05, 3.63) is 22.6 Å². The predicted octanol–water partition coefficient (Wildman–Crippen LogP) is 2.97. The van der Waals surface area contributed by atoms with Gasteiger partial charge in [0.1, 0.15) is 0 Å². The second-order valence-corrected chi connectivity index (χ2v) is 3.09. The molecule has 0 spiro atoms. The molecular weight excluding hydrogens is 128 g/mol. The molecule has 50 valence electrons. The minimum Gasteiger partial charge on any atom is -0.130 e. The molecule has 0 N–H and O–H groups in total. The first kappa shape index (κ1) is 6.94. The van der Waals surface area contributed by atoms with Gasteiger partial charge in [0.15, 0.2) is 0 Å². The zero-order chi connectivity index (χ0) is 6.69. The largest absolute Gasteiger partial charge is 0.130 e. The lowest BCUT2D eigenvalue weighted by Gasteiger charge is -2.08. The zero-order valence-corrected chi connectivity index (χ0v) is 6.79. The fourth-order valence-corrected chi connectivity index (χ4v) is 1.71. The normalized spacial score (nSPS) is 18.9. The third kappa shape index (κ3) is 1.62. The Bertz CT molecular complexity index is 154. The summed E-state index contributed by atoms with van der Waals surface area (Å²) in [5, 5.41) is 0. The molecule has 0 aromatic heterocycles. The topological polar surface area (TPSA) is 0 Å². The highest BCUT2D eigenvalue weighted by Crippen LogP contribution is 2.25. The monoisotopic (exact) mass is 140 g/mol. The van der Waals surface area contributed by atoms with Crippen LogP contribution < -0.4 is 0 Å². The van der Waals surface area contributed by atoms with Crippen LogP contribution in [-0.4, -0.2) is 6.26 Å². The van der Waals surface area contributed by atoms with E-state index in [2.05, 4.69) is 25.3 Å². The van der Waals surface area contributed by atoms with Crippen molar-refractivity contribution in [2.24, 2.45) is 0 Å². The van der Waals surface area contributed by atoms with Gasteiger partial charge in [-0.15, -0.1) is 11.8 Å². The molecule has 0 heterocycles. The lowest BCUT2D eigenvalue weighted by Crippen LogP contribution is -1.85. The smallest absolute Gasteiger partial charge is 0.00553 e. The predicted molar refractivity (Wildman–Crippen MR) is 44.6 cm³/mol. The molecular formula is C8H12S. The Balaban J connectivity index is 2.68. The maximum Gasteiger partial charge on any atom is 0.00553 e. The van der Waals surface area contributed by atoms with Crippen LogP contribution in [0.2, 0.25) is 0 Å². The molecule has 0 bridgehead atoms. The molecule has 0 saturated heterocycles. The van der Waals surface area contributed by atoms with Gasteiger partial charge in [-0.05, 0) is 31.6 Å². The van der Waals surface area contributed by atoms with Crippen molar-refractivity contribution in [2.45, 2.75) is 19.8 Å². The van der Waals surface area contributed by atoms with Gasteiger partial charge in [0, 0.05) is 4.91 Å². The molecule has 0 nitrogen and oxygen atoms in total. The van der Waals surface area contributed by atoms with Gasteiger partial charge in [0.25, 0.3) is 0 Å². The highest BCUT2D eigenvalue weighted by Gasteiger charge is 2.00. The summed E-state index contributed by atoms with van der Waals surface area (Å²) in [6, 6.07) is 0. The van der Waals surface area contributed by atoms with Gasteiger partial charge >= 0.3 is 0 Å². The second-order valence-electron chi connectivity index (χ2n) is 2.24. The van der Waals surface area contributed by atoms with Gasteiger partial charge in [0.05, 0.1) is 0 Å². The molecule has 0 saturated carbocycles. The van der Waals surface area contributed by atoms with E-state index in [1.54, 1.807) is 0 Å². The molecule has 1 aliphatic carbocycles. The Morgan fingerprint density at radius 1 is 1.33 bits per heavy atom. The molecule has 0 aliphatic heterocycles. The summed E-state index contributed by atoms with van der Waals surface area (Å²) < 4.78 is 0. The Morgan fingerprint density at radius 3 is 2.44 bits per heavy atom. The first-order chi connectivity index (χ1) is 4.34. The molecule has 1 heteroatoms. The van der Waals surface area contributed by atoms with E-state index in [1.807, 2.05) is 11.8 Å². The molecule has 9 heavy (non-hydrogen) atoms. The van der Waals surface area contributed by atoms with Crippen LogP contribution in [0.3, 0.4) is 0 Å². The van der Waals surface area contributed by atoms with Crippen LogP contribution in [0.5, 0.6) is 0 Å². The Labute approximate surface area is 61.0 Å². The molecule has 1 aliphatic rings. The first-order valence-corrected chi connectivity index (χ1v) is 4.48. The average Bonchev–Trinajstić information content (AvgIpc) is 1.89. The number of hydrogen-bond acceptors (Lipinski definition) is 1. The maximum atomic E-state index is 2.32. The fraction of sp³-hybridized carbons (Fsp3) is 0.500. The van der Waals surface area contributed by atoms with Crippen molar-refractivity contribution in [1.29, 1.82) is 0 Å². The van der Waals surface area contributed by atoms with Crippen molar-refractivity contribution < 1.29 is 0 Å². The summed E-state index contributed by atoms with van der Waals surface area (Å²) in [5.41, 5.74) is 1.45. The molecule has 0 radical (unpaired) electrons. The molecule has 1 rings (SSSR count). The van der Waals surface area contributed by atoms with Crippen molar-refractivity contribution in [3.8, 4) is 0 Å². The van der Waals surface area contributed by atoms with Crippen molar-refractivity contribution in [1.82, 2.24) is 0 Å². The summed E-state index contributed by atoms with van der Waals surface area (Å²) in [6.07, 6.45) is 9.23. The SMILES string of the molecule is CSC1=CCCC=C1C. The van der Waals surface area contributed by atoms with Crippen LogP contribution in [-0.2, 0) is 0 Å². The van der Waals surface area contributed by atoms with E-state index < -0.39 is 0 Å². The van der Waals surface area contributed by atoms with Gasteiger partial charge in [-0.25, -0.2) is 0 Å². The Morgan fingerprint density at radius 2 is 2.00 bits per heavy atom. The summed E-state index contributed by atoms with van der Waals surface area (Å²) >= 11 is 1.85.